The summed E-state index contributed by atoms with van der Waals surface area (Å²) in [4.78, 5) is 29.6. The van der Waals surface area contributed by atoms with E-state index in [2.05, 4.69) is 35.5 Å². The van der Waals surface area contributed by atoms with E-state index in [0.717, 1.165) is 25.9 Å². The number of hydrogen-bond donors (Lipinski definition) is 1. The highest BCUT2D eigenvalue weighted by atomic mass is 16.2. The summed E-state index contributed by atoms with van der Waals surface area (Å²) in [5, 5.41) is 10.3. The normalized spacial score (nSPS) is 14.4. The molecule has 0 bridgehead atoms. The van der Waals surface area contributed by atoms with Gasteiger partial charge >= 0.3 is 0 Å². The second kappa shape index (κ2) is 7.41. The molecule has 1 fully saturated rings. The van der Waals surface area contributed by atoms with Crippen LogP contribution in [0, 0.1) is 0 Å². The average molecular weight is 345 g/mol. The number of carbonyl (C=O) groups excluding carboxylic acids is 1. The van der Waals surface area contributed by atoms with E-state index in [-0.39, 0.29) is 18.1 Å². The predicted octanol–water partition coefficient (Wildman–Crippen LogP) is -0.0136. The van der Waals surface area contributed by atoms with E-state index < -0.39 is 0 Å². The number of nitrogens with one attached hydrogen (secondary N) is 1. The molecule has 10 nitrogen and oxygen atoms in total. The first kappa shape index (κ1) is 17.1. The molecule has 1 aliphatic rings. The fourth-order valence-corrected chi connectivity index (χ4v) is 2.61. The van der Waals surface area contributed by atoms with Gasteiger partial charge in [-0.3, -0.25) is 9.48 Å². The Bertz CT molecular complexity index is 736. The number of rotatable bonds is 5. The van der Waals surface area contributed by atoms with Crippen molar-refractivity contribution in [1.82, 2.24) is 35.3 Å². The smallest absolute Gasteiger partial charge is 0.273 e. The van der Waals surface area contributed by atoms with Crippen LogP contribution in [0.3, 0.4) is 0 Å². The van der Waals surface area contributed by atoms with Crippen molar-refractivity contribution in [2.75, 3.05) is 37.0 Å². The molecule has 2 aromatic rings. The summed E-state index contributed by atoms with van der Waals surface area (Å²) in [6.45, 7) is 2.10. The van der Waals surface area contributed by atoms with Crippen LogP contribution in [0.4, 0.5) is 11.9 Å². The van der Waals surface area contributed by atoms with Crippen molar-refractivity contribution in [2.45, 2.75) is 25.8 Å². The molecule has 1 N–H and O–H groups in total. The number of carbonyl (C=O) groups is 1. The van der Waals surface area contributed by atoms with Gasteiger partial charge in [-0.05, 0) is 19.3 Å². The molecule has 0 radical (unpaired) electrons. The fraction of sp³-hybridized carbons (Fsp3) is 0.600. The first-order chi connectivity index (χ1) is 12.0. The first-order valence-electron chi connectivity index (χ1n) is 8.34. The molecule has 3 rings (SSSR count). The lowest BCUT2D eigenvalue weighted by atomic mass is 10.1. The van der Waals surface area contributed by atoms with Gasteiger partial charge in [-0.15, -0.1) is 5.10 Å². The third-order valence-corrected chi connectivity index (χ3v) is 3.94. The van der Waals surface area contributed by atoms with Crippen LogP contribution >= 0.6 is 0 Å². The Labute approximate surface area is 146 Å². The number of aryl methyl sites for hydroxylation is 1. The summed E-state index contributed by atoms with van der Waals surface area (Å²) < 4.78 is 1.48. The summed E-state index contributed by atoms with van der Waals surface area (Å²) in [5.41, 5.74) is 0.264. The quantitative estimate of drug-likeness (QED) is 0.806. The van der Waals surface area contributed by atoms with Crippen LogP contribution in [0.25, 0.3) is 0 Å². The topological polar surface area (TPSA) is 105 Å². The molecular formula is C15H23N9O. The van der Waals surface area contributed by atoms with Gasteiger partial charge in [0.05, 0.1) is 12.7 Å². The lowest BCUT2D eigenvalue weighted by molar-refractivity contribution is 0.0944. The van der Waals surface area contributed by atoms with Crippen molar-refractivity contribution in [3.8, 4) is 0 Å². The van der Waals surface area contributed by atoms with Gasteiger partial charge in [0.25, 0.3) is 5.91 Å². The molecule has 0 unspecified atom stereocenters. The second-order valence-corrected chi connectivity index (χ2v) is 6.25. The molecule has 2 aromatic heterocycles. The minimum atomic E-state index is -0.306. The van der Waals surface area contributed by atoms with Crippen molar-refractivity contribution >= 4 is 17.8 Å². The molecule has 0 atom stereocenters. The van der Waals surface area contributed by atoms with Gasteiger partial charge in [0, 0.05) is 34.2 Å². The molecule has 0 aliphatic carbocycles. The summed E-state index contributed by atoms with van der Waals surface area (Å²) in [6, 6.07) is 0. The first-order valence-corrected chi connectivity index (χ1v) is 8.34. The molecule has 0 saturated carbocycles. The molecule has 3 heterocycles. The van der Waals surface area contributed by atoms with E-state index in [4.69, 9.17) is 0 Å². The van der Waals surface area contributed by atoms with Crippen LogP contribution in [0.2, 0.25) is 0 Å². The number of piperidine rings is 1. The zero-order chi connectivity index (χ0) is 17.8. The van der Waals surface area contributed by atoms with E-state index in [1.807, 2.05) is 19.0 Å². The van der Waals surface area contributed by atoms with Crippen LogP contribution in [0.5, 0.6) is 0 Å². The Morgan fingerprint density at radius 1 is 1.20 bits per heavy atom. The van der Waals surface area contributed by atoms with E-state index in [9.17, 15) is 4.79 Å². The van der Waals surface area contributed by atoms with Gasteiger partial charge in [-0.25, -0.2) is 0 Å². The van der Waals surface area contributed by atoms with E-state index >= 15 is 0 Å². The summed E-state index contributed by atoms with van der Waals surface area (Å²) in [7, 11) is 5.48. The number of amides is 1. The van der Waals surface area contributed by atoms with E-state index in [0.29, 0.717) is 17.7 Å². The summed E-state index contributed by atoms with van der Waals surface area (Å²) in [5.74, 6) is 1.47. The molecule has 134 valence electrons. The number of hydrogen-bond acceptors (Lipinski definition) is 8. The van der Waals surface area contributed by atoms with Gasteiger partial charge in [0.1, 0.15) is 0 Å². The van der Waals surface area contributed by atoms with Crippen molar-refractivity contribution in [3.63, 3.8) is 0 Å². The highest BCUT2D eigenvalue weighted by Crippen LogP contribution is 2.17. The molecule has 1 saturated heterocycles. The Hall–Kier alpha value is -2.78. The van der Waals surface area contributed by atoms with Crippen LogP contribution < -0.4 is 15.1 Å². The van der Waals surface area contributed by atoms with E-state index in [1.54, 1.807) is 13.2 Å². The molecule has 0 spiro atoms. The summed E-state index contributed by atoms with van der Waals surface area (Å²) >= 11 is 0. The minimum Gasteiger partial charge on any atom is -0.347 e. The fourth-order valence-electron chi connectivity index (χ4n) is 2.61. The maximum Gasteiger partial charge on any atom is 0.273 e. The van der Waals surface area contributed by atoms with Gasteiger partial charge in [-0.2, -0.15) is 15.0 Å². The van der Waals surface area contributed by atoms with Crippen molar-refractivity contribution in [3.05, 3.63) is 17.7 Å². The Kier molecular flexibility index (Phi) is 5.05. The predicted molar refractivity (Wildman–Crippen MR) is 92.4 cm³/mol. The Balaban J connectivity index is 1.75. The lowest BCUT2D eigenvalue weighted by Crippen LogP contribution is -2.33. The van der Waals surface area contributed by atoms with Crippen LogP contribution in [-0.2, 0) is 13.6 Å². The minimum absolute atomic E-state index is 0.208. The largest absolute Gasteiger partial charge is 0.347 e. The zero-order valence-corrected chi connectivity index (χ0v) is 14.8. The Morgan fingerprint density at radius 2 is 1.96 bits per heavy atom. The maximum absolute atomic E-state index is 12.1. The van der Waals surface area contributed by atoms with E-state index in [1.165, 1.54) is 11.1 Å². The SMILES string of the molecule is CN(C)c1nc(CNC(=O)c2cn(C)nn2)nc(N2CCCCC2)n1. The van der Waals surface area contributed by atoms with Crippen molar-refractivity contribution in [2.24, 2.45) is 7.05 Å². The van der Waals surface area contributed by atoms with Gasteiger partial charge in [0.15, 0.2) is 11.5 Å². The third-order valence-electron chi connectivity index (χ3n) is 3.94. The maximum atomic E-state index is 12.1. The Morgan fingerprint density at radius 3 is 2.60 bits per heavy atom. The van der Waals surface area contributed by atoms with Crippen molar-refractivity contribution < 1.29 is 4.79 Å². The molecule has 10 heteroatoms. The standard InChI is InChI=1S/C15H23N9O/c1-22(2)14-17-12(9-16-13(25)11-10-23(3)21-20-11)18-15(19-14)24-7-5-4-6-8-24/h10H,4-9H2,1-3H3,(H,16,25). The highest BCUT2D eigenvalue weighted by Gasteiger charge is 2.17. The molecular weight excluding hydrogens is 322 g/mol. The monoisotopic (exact) mass is 345 g/mol. The molecule has 1 amide bonds. The number of anilines is 2. The van der Waals surface area contributed by atoms with Gasteiger partial charge in [-0.1, -0.05) is 5.21 Å². The zero-order valence-electron chi connectivity index (χ0n) is 14.8. The second-order valence-electron chi connectivity index (χ2n) is 6.25. The molecule has 1 aliphatic heterocycles. The van der Waals surface area contributed by atoms with Gasteiger partial charge < -0.3 is 15.1 Å². The van der Waals surface area contributed by atoms with Crippen LogP contribution in [0.1, 0.15) is 35.6 Å². The number of nitrogens with zero attached hydrogens (tertiary/aromatic N) is 8. The van der Waals surface area contributed by atoms with Crippen molar-refractivity contribution in [1.29, 1.82) is 0 Å². The van der Waals surface area contributed by atoms with Gasteiger partial charge in [0.2, 0.25) is 11.9 Å². The van der Waals surface area contributed by atoms with Crippen LogP contribution in [-0.4, -0.2) is 63.0 Å². The van der Waals surface area contributed by atoms with Crippen LogP contribution in [0.15, 0.2) is 6.20 Å². The number of aromatic nitrogens is 6. The summed E-state index contributed by atoms with van der Waals surface area (Å²) in [6.07, 6.45) is 5.08. The third kappa shape index (κ3) is 4.20. The average Bonchev–Trinajstić information content (AvgIpc) is 3.06. The molecule has 25 heavy (non-hydrogen) atoms. The highest BCUT2D eigenvalue weighted by molar-refractivity contribution is 5.91. The lowest BCUT2D eigenvalue weighted by Gasteiger charge is -2.27. The molecule has 0 aromatic carbocycles.